The van der Waals surface area contributed by atoms with Crippen LogP contribution in [0.15, 0.2) is 42.7 Å². The van der Waals surface area contributed by atoms with Crippen LogP contribution in [0.1, 0.15) is 57.8 Å². The van der Waals surface area contributed by atoms with Gasteiger partial charge in [0.2, 0.25) is 0 Å². The van der Waals surface area contributed by atoms with E-state index in [0.717, 1.165) is 23.0 Å². The van der Waals surface area contributed by atoms with Gasteiger partial charge in [-0.05, 0) is 53.3 Å². The maximum atomic E-state index is 13.6. The Morgan fingerprint density at radius 1 is 1.23 bits per heavy atom. The number of aryl methyl sites for hydroxylation is 1. The molecule has 4 heterocycles. The lowest BCUT2D eigenvalue weighted by Gasteiger charge is -2.21. The molecule has 0 saturated heterocycles. The lowest BCUT2D eigenvalue weighted by atomic mass is 9.95. The predicted octanol–water partition coefficient (Wildman–Crippen LogP) is 4.54. The van der Waals surface area contributed by atoms with Gasteiger partial charge in [0.25, 0.3) is 5.91 Å². The van der Waals surface area contributed by atoms with Gasteiger partial charge in [-0.3, -0.25) is 9.69 Å². The summed E-state index contributed by atoms with van der Waals surface area (Å²) in [7, 11) is 1.87. The molecule has 0 bridgehead atoms. The molecular formula is C25H24F3N5O2. The van der Waals surface area contributed by atoms with Crippen LogP contribution in [0.4, 0.5) is 19.0 Å². The number of carbonyl (C=O) groups excluding carboxylic acids is 1. The number of aromatic nitrogens is 4. The molecule has 1 amide bonds. The van der Waals surface area contributed by atoms with Crippen LogP contribution in [0, 0.1) is 0 Å². The molecular weight excluding hydrogens is 459 g/mol. The fourth-order valence-corrected chi connectivity index (χ4v) is 4.55. The summed E-state index contributed by atoms with van der Waals surface area (Å²) in [5.41, 5.74) is 1.86. The van der Waals surface area contributed by atoms with Crippen molar-refractivity contribution in [2.45, 2.75) is 38.4 Å². The van der Waals surface area contributed by atoms with Crippen molar-refractivity contribution < 1.29 is 22.7 Å². The number of halogens is 3. The fourth-order valence-electron chi connectivity index (χ4n) is 4.55. The maximum absolute atomic E-state index is 13.6. The second-order valence-corrected chi connectivity index (χ2v) is 8.88. The smallest absolute Gasteiger partial charge is 0.377 e. The molecule has 2 aliphatic rings. The van der Waals surface area contributed by atoms with E-state index in [0.29, 0.717) is 37.6 Å². The van der Waals surface area contributed by atoms with Crippen LogP contribution in [0.2, 0.25) is 0 Å². The zero-order valence-corrected chi connectivity index (χ0v) is 19.3. The summed E-state index contributed by atoms with van der Waals surface area (Å²) in [6, 6.07) is 7.50. The minimum atomic E-state index is -4.54. The summed E-state index contributed by atoms with van der Waals surface area (Å²) in [5, 5.41) is 8.10. The number of anilines is 1. The Balaban J connectivity index is 1.55. The molecule has 1 atom stereocenters. The van der Waals surface area contributed by atoms with Crippen LogP contribution >= 0.6 is 0 Å². The Bertz CT molecular complexity index is 1310. The molecule has 7 nitrogen and oxygen atoms in total. The maximum Gasteiger partial charge on any atom is 0.416 e. The number of hydrogen-bond acceptors (Lipinski definition) is 5. The fraction of sp³-hybridized carbons (Fsp3) is 0.360. The van der Waals surface area contributed by atoms with E-state index in [1.54, 1.807) is 12.4 Å². The summed E-state index contributed by atoms with van der Waals surface area (Å²) in [5.74, 6) is 0.666. The molecule has 0 radical (unpaired) electrons. The minimum Gasteiger partial charge on any atom is -0.377 e. The molecule has 182 valence electrons. The van der Waals surface area contributed by atoms with Gasteiger partial charge in [-0.2, -0.15) is 13.2 Å². The first kappa shape index (κ1) is 23.2. The number of hydrogen-bond donors (Lipinski definition) is 0. The highest BCUT2D eigenvalue weighted by molar-refractivity contribution is 6.10. The number of amides is 1. The van der Waals surface area contributed by atoms with E-state index < -0.39 is 17.6 Å². The van der Waals surface area contributed by atoms with Crippen molar-refractivity contribution in [3.05, 3.63) is 76.5 Å². The standard InChI is InChI=1S/C25H24F3N5O2/c1-15(10-23-31-29-14-32(23)2)17-11-21(16-6-8-35-9-7-16)30-22(12-17)33-13-19-18(24(33)34)4-3-5-20(19)25(26,27)28/h3-6,11-12,14-15H,7-10,13H2,1-2H3/t15-/m0/s1. The average Bonchev–Trinajstić information content (AvgIpc) is 3.41. The van der Waals surface area contributed by atoms with Gasteiger partial charge < -0.3 is 9.30 Å². The number of rotatable bonds is 5. The van der Waals surface area contributed by atoms with Crippen molar-refractivity contribution >= 4 is 17.3 Å². The minimum absolute atomic E-state index is 0.00431. The van der Waals surface area contributed by atoms with Crippen molar-refractivity contribution in [3.63, 3.8) is 0 Å². The normalized spacial score (nSPS) is 16.9. The van der Waals surface area contributed by atoms with Crippen molar-refractivity contribution in [1.82, 2.24) is 19.7 Å². The molecule has 35 heavy (non-hydrogen) atoms. The Hall–Kier alpha value is -3.53. The molecule has 5 rings (SSSR count). The summed E-state index contributed by atoms with van der Waals surface area (Å²) >= 11 is 0. The highest BCUT2D eigenvalue weighted by Gasteiger charge is 2.40. The van der Waals surface area contributed by atoms with Gasteiger partial charge in [0.1, 0.15) is 18.0 Å². The van der Waals surface area contributed by atoms with E-state index in [1.807, 2.05) is 30.7 Å². The van der Waals surface area contributed by atoms with E-state index in [9.17, 15) is 18.0 Å². The highest BCUT2D eigenvalue weighted by atomic mass is 19.4. The number of ether oxygens (including phenoxy) is 1. The molecule has 2 aliphatic heterocycles. The van der Waals surface area contributed by atoms with Crippen molar-refractivity contribution in [1.29, 1.82) is 0 Å². The first-order valence-corrected chi connectivity index (χ1v) is 11.4. The van der Waals surface area contributed by atoms with E-state index >= 15 is 0 Å². The molecule has 0 spiro atoms. The third-order valence-corrected chi connectivity index (χ3v) is 6.54. The number of fused-ring (bicyclic) bond motifs is 1. The van der Waals surface area contributed by atoms with Crippen LogP contribution in [0.3, 0.4) is 0 Å². The number of benzene rings is 1. The van der Waals surface area contributed by atoms with Crippen LogP contribution in [-0.2, 0) is 30.9 Å². The first-order chi connectivity index (χ1) is 16.7. The average molecular weight is 483 g/mol. The Morgan fingerprint density at radius 2 is 2.06 bits per heavy atom. The Labute approximate surface area is 200 Å². The lowest BCUT2D eigenvalue weighted by molar-refractivity contribution is -0.138. The van der Waals surface area contributed by atoms with Crippen LogP contribution < -0.4 is 4.90 Å². The number of pyridine rings is 1. The lowest BCUT2D eigenvalue weighted by Crippen LogP contribution is -2.25. The van der Waals surface area contributed by atoms with Gasteiger partial charge in [-0.1, -0.05) is 19.1 Å². The second kappa shape index (κ2) is 8.92. The van der Waals surface area contributed by atoms with Gasteiger partial charge in [0.15, 0.2) is 0 Å². The molecule has 10 heteroatoms. The van der Waals surface area contributed by atoms with E-state index in [1.165, 1.54) is 17.0 Å². The molecule has 1 aromatic carbocycles. The topological polar surface area (TPSA) is 73.1 Å². The van der Waals surface area contributed by atoms with Crippen molar-refractivity contribution in [2.24, 2.45) is 7.05 Å². The van der Waals surface area contributed by atoms with Gasteiger partial charge >= 0.3 is 6.18 Å². The van der Waals surface area contributed by atoms with Gasteiger partial charge in [0.05, 0.1) is 31.0 Å². The van der Waals surface area contributed by atoms with Gasteiger partial charge in [-0.25, -0.2) is 4.98 Å². The monoisotopic (exact) mass is 483 g/mol. The molecule has 0 N–H and O–H groups in total. The van der Waals surface area contributed by atoms with Crippen LogP contribution in [-0.4, -0.2) is 38.9 Å². The Kier molecular flexibility index (Phi) is 5.92. The number of alkyl halides is 3. The molecule has 0 fully saturated rings. The van der Waals surface area contributed by atoms with Crippen molar-refractivity contribution in [3.8, 4) is 0 Å². The molecule has 3 aromatic rings. The van der Waals surface area contributed by atoms with Gasteiger partial charge in [0, 0.05) is 19.0 Å². The first-order valence-electron chi connectivity index (χ1n) is 11.4. The summed E-state index contributed by atoms with van der Waals surface area (Å²) in [6.45, 7) is 2.89. The highest BCUT2D eigenvalue weighted by Crippen LogP contribution is 2.39. The molecule has 0 saturated carbocycles. The molecule has 0 aliphatic carbocycles. The second-order valence-electron chi connectivity index (χ2n) is 8.88. The SMILES string of the molecule is C[C@@H](Cc1nncn1C)c1cc(C2=CCOCC2)nc(N2Cc3c(cccc3C(F)(F)F)C2=O)c1. The van der Waals surface area contributed by atoms with Crippen LogP contribution in [0.5, 0.6) is 0 Å². The number of carbonyl (C=O) groups is 1. The van der Waals surface area contributed by atoms with Crippen LogP contribution in [0.25, 0.3) is 5.57 Å². The Morgan fingerprint density at radius 3 is 2.74 bits per heavy atom. The predicted molar refractivity (Wildman–Crippen MR) is 123 cm³/mol. The summed E-state index contributed by atoms with van der Waals surface area (Å²) < 4.78 is 48.1. The quantitative estimate of drug-likeness (QED) is 0.533. The van der Waals surface area contributed by atoms with E-state index in [4.69, 9.17) is 9.72 Å². The summed E-state index contributed by atoms with van der Waals surface area (Å²) in [4.78, 5) is 19.3. The van der Waals surface area contributed by atoms with Gasteiger partial charge in [-0.15, -0.1) is 10.2 Å². The third-order valence-electron chi connectivity index (χ3n) is 6.54. The molecule has 0 unspecified atom stereocenters. The van der Waals surface area contributed by atoms with Crippen molar-refractivity contribution in [2.75, 3.05) is 18.1 Å². The molecule has 2 aromatic heterocycles. The largest absolute Gasteiger partial charge is 0.416 e. The summed E-state index contributed by atoms with van der Waals surface area (Å²) in [6.07, 6.45) is 0.319. The zero-order chi connectivity index (χ0) is 24.7. The third kappa shape index (κ3) is 4.45. The van der Waals surface area contributed by atoms with E-state index in [-0.39, 0.29) is 23.6 Å². The zero-order valence-electron chi connectivity index (χ0n) is 19.3. The number of nitrogens with zero attached hydrogens (tertiary/aromatic N) is 5. The van der Waals surface area contributed by atoms with E-state index in [2.05, 4.69) is 10.2 Å².